The number of aliphatic hydroxyl groups excluding tert-OH is 1. The summed E-state index contributed by atoms with van der Waals surface area (Å²) in [5.74, 6) is 0.281. The van der Waals surface area contributed by atoms with Crippen molar-refractivity contribution in [3.8, 4) is 0 Å². The topological polar surface area (TPSA) is 81.4 Å². The summed E-state index contributed by atoms with van der Waals surface area (Å²) in [4.78, 5) is 29.8. The first-order valence-corrected chi connectivity index (χ1v) is 7.26. The van der Waals surface area contributed by atoms with Crippen LogP contribution in [0.15, 0.2) is 4.79 Å². The van der Waals surface area contributed by atoms with Gasteiger partial charge in [-0.2, -0.15) is 0 Å². The summed E-state index contributed by atoms with van der Waals surface area (Å²) < 4.78 is 6.60. The Morgan fingerprint density at radius 3 is 3.10 bits per heavy atom. The summed E-state index contributed by atoms with van der Waals surface area (Å²) in [6.07, 6.45) is 1.73. The number of fused-ring (bicyclic) bond motifs is 2. The van der Waals surface area contributed by atoms with Crippen LogP contribution < -0.4 is 5.56 Å². The molecule has 1 aliphatic heterocycles. The lowest BCUT2D eigenvalue weighted by molar-refractivity contribution is 0.0439. The van der Waals surface area contributed by atoms with Crippen molar-refractivity contribution in [1.82, 2.24) is 9.55 Å². The fourth-order valence-electron chi connectivity index (χ4n) is 2.47. The molecule has 0 spiro atoms. The van der Waals surface area contributed by atoms with Gasteiger partial charge in [0.15, 0.2) is 0 Å². The van der Waals surface area contributed by atoms with Gasteiger partial charge < -0.3 is 9.84 Å². The van der Waals surface area contributed by atoms with Gasteiger partial charge in [-0.1, -0.05) is 0 Å². The van der Waals surface area contributed by atoms with E-state index in [2.05, 4.69) is 4.98 Å². The summed E-state index contributed by atoms with van der Waals surface area (Å²) in [5, 5.41) is 9.20. The van der Waals surface area contributed by atoms with E-state index < -0.39 is 5.97 Å². The van der Waals surface area contributed by atoms with Crippen LogP contribution in [0.25, 0.3) is 10.2 Å². The van der Waals surface area contributed by atoms with Crippen LogP contribution in [-0.4, -0.2) is 33.8 Å². The summed E-state index contributed by atoms with van der Waals surface area (Å²) in [6.45, 7) is 2.16. The lowest BCUT2D eigenvalue weighted by atomic mass is 10.2. The number of esters is 1. The number of carbonyl (C=O) groups is 1. The summed E-state index contributed by atoms with van der Waals surface area (Å²) >= 11 is 1.18. The maximum atomic E-state index is 12.4. The smallest absolute Gasteiger partial charge is 0.348 e. The second-order valence-corrected chi connectivity index (χ2v) is 5.68. The van der Waals surface area contributed by atoms with Gasteiger partial charge >= 0.3 is 5.97 Å². The number of rotatable bonds is 3. The molecule has 106 valence electrons. The maximum absolute atomic E-state index is 12.4. The predicted octanol–water partition coefficient (Wildman–Crippen LogP) is 0.862. The lowest BCUT2D eigenvalue weighted by Crippen LogP contribution is -2.20. The van der Waals surface area contributed by atoms with Gasteiger partial charge in [0.2, 0.25) is 0 Å². The first kappa shape index (κ1) is 13.3. The molecule has 7 heteroatoms. The highest BCUT2D eigenvalue weighted by atomic mass is 32.1. The Bertz CT molecular complexity index is 747. The highest BCUT2D eigenvalue weighted by Gasteiger charge is 2.23. The van der Waals surface area contributed by atoms with Crippen LogP contribution >= 0.6 is 11.3 Å². The molecule has 1 aliphatic rings. The van der Waals surface area contributed by atoms with Crippen molar-refractivity contribution in [2.75, 3.05) is 13.2 Å². The van der Waals surface area contributed by atoms with Crippen LogP contribution in [-0.2, 0) is 17.7 Å². The van der Waals surface area contributed by atoms with E-state index in [1.807, 2.05) is 0 Å². The van der Waals surface area contributed by atoms with Crippen molar-refractivity contribution in [2.45, 2.75) is 26.3 Å². The SMILES string of the molecule is Cc1c(C(=O)OCCO)sc2nc3n(c(=O)c12)CCC3. The maximum Gasteiger partial charge on any atom is 0.348 e. The molecule has 0 fully saturated rings. The molecule has 0 saturated carbocycles. The molecule has 0 unspecified atom stereocenters. The molecule has 0 radical (unpaired) electrons. The predicted molar refractivity (Wildman–Crippen MR) is 74.3 cm³/mol. The van der Waals surface area contributed by atoms with Gasteiger partial charge in [0.25, 0.3) is 5.56 Å². The number of aliphatic hydroxyl groups is 1. The molecule has 3 rings (SSSR count). The zero-order valence-corrected chi connectivity index (χ0v) is 11.8. The zero-order valence-electron chi connectivity index (χ0n) is 11.0. The fraction of sp³-hybridized carbons (Fsp3) is 0.462. The Hall–Kier alpha value is -1.73. The van der Waals surface area contributed by atoms with Crippen molar-refractivity contribution >= 4 is 27.5 Å². The van der Waals surface area contributed by atoms with E-state index in [0.717, 1.165) is 18.7 Å². The third-order valence-corrected chi connectivity index (χ3v) is 4.59. The highest BCUT2D eigenvalue weighted by Crippen LogP contribution is 2.29. The number of hydrogen-bond donors (Lipinski definition) is 1. The second kappa shape index (κ2) is 4.99. The van der Waals surface area contributed by atoms with Crippen LogP contribution in [0.1, 0.15) is 27.5 Å². The first-order chi connectivity index (χ1) is 9.63. The molecule has 0 atom stereocenters. The van der Waals surface area contributed by atoms with Gasteiger partial charge in [0, 0.05) is 13.0 Å². The average Bonchev–Trinajstić information content (AvgIpc) is 3.01. The molecule has 6 nitrogen and oxygen atoms in total. The van der Waals surface area contributed by atoms with Crippen LogP contribution in [0.4, 0.5) is 0 Å². The van der Waals surface area contributed by atoms with Crippen molar-refractivity contribution in [3.63, 3.8) is 0 Å². The number of aryl methyl sites for hydroxylation is 2. The summed E-state index contributed by atoms with van der Waals surface area (Å²) in [7, 11) is 0. The van der Waals surface area contributed by atoms with E-state index in [1.54, 1.807) is 11.5 Å². The van der Waals surface area contributed by atoms with Crippen LogP contribution in [0.3, 0.4) is 0 Å². The Morgan fingerprint density at radius 2 is 2.35 bits per heavy atom. The van der Waals surface area contributed by atoms with E-state index in [4.69, 9.17) is 9.84 Å². The lowest BCUT2D eigenvalue weighted by Gasteiger charge is -2.02. The van der Waals surface area contributed by atoms with Crippen LogP contribution in [0, 0.1) is 6.92 Å². The molecule has 0 aliphatic carbocycles. The van der Waals surface area contributed by atoms with Crippen LogP contribution in [0.2, 0.25) is 0 Å². The van der Waals surface area contributed by atoms with Gasteiger partial charge in [-0.15, -0.1) is 11.3 Å². The largest absolute Gasteiger partial charge is 0.459 e. The minimum absolute atomic E-state index is 0.0462. The van der Waals surface area contributed by atoms with E-state index >= 15 is 0 Å². The normalized spacial score (nSPS) is 13.7. The van der Waals surface area contributed by atoms with E-state index in [1.165, 1.54) is 11.3 Å². The molecular weight excluding hydrogens is 280 g/mol. The van der Waals surface area contributed by atoms with E-state index in [9.17, 15) is 9.59 Å². The monoisotopic (exact) mass is 294 g/mol. The third-order valence-electron chi connectivity index (χ3n) is 3.42. The molecule has 2 aromatic heterocycles. The van der Waals surface area contributed by atoms with Crippen LogP contribution in [0.5, 0.6) is 0 Å². The Labute approximate surface area is 118 Å². The second-order valence-electron chi connectivity index (χ2n) is 4.68. The number of carbonyl (C=O) groups excluding carboxylic acids is 1. The molecule has 1 N–H and O–H groups in total. The zero-order chi connectivity index (χ0) is 14.3. The molecular formula is C13H14N2O4S. The number of ether oxygens (including phenoxy) is 1. The minimum atomic E-state index is -0.510. The summed E-state index contributed by atoms with van der Waals surface area (Å²) in [5.41, 5.74) is 0.546. The van der Waals surface area contributed by atoms with E-state index in [-0.39, 0.29) is 18.8 Å². The standard InChI is InChI=1S/C13H14N2O4S/c1-7-9-11(20-10(7)13(18)19-6-5-16)14-8-3-2-4-15(8)12(9)17/h16H,2-6H2,1H3. The van der Waals surface area contributed by atoms with Crippen molar-refractivity contribution in [1.29, 1.82) is 0 Å². The molecule has 0 bridgehead atoms. The average molecular weight is 294 g/mol. The number of aromatic nitrogens is 2. The molecule has 0 saturated heterocycles. The fourth-order valence-corrected chi connectivity index (χ4v) is 3.56. The van der Waals surface area contributed by atoms with Crippen molar-refractivity contribution < 1.29 is 14.6 Å². The molecule has 20 heavy (non-hydrogen) atoms. The molecule has 0 amide bonds. The van der Waals surface area contributed by atoms with Crippen molar-refractivity contribution in [2.24, 2.45) is 0 Å². The molecule has 2 aromatic rings. The first-order valence-electron chi connectivity index (χ1n) is 6.44. The highest BCUT2D eigenvalue weighted by molar-refractivity contribution is 7.20. The quantitative estimate of drug-likeness (QED) is 0.849. The van der Waals surface area contributed by atoms with Crippen molar-refractivity contribution in [3.05, 3.63) is 26.6 Å². The van der Waals surface area contributed by atoms with Gasteiger partial charge in [-0.3, -0.25) is 9.36 Å². The molecule has 3 heterocycles. The third kappa shape index (κ3) is 1.94. The molecule has 0 aromatic carbocycles. The summed E-state index contributed by atoms with van der Waals surface area (Å²) in [6, 6.07) is 0. The van der Waals surface area contributed by atoms with Gasteiger partial charge in [-0.25, -0.2) is 9.78 Å². The van der Waals surface area contributed by atoms with Gasteiger partial charge in [-0.05, 0) is 18.9 Å². The Morgan fingerprint density at radius 1 is 1.55 bits per heavy atom. The van der Waals surface area contributed by atoms with E-state index in [0.29, 0.717) is 27.2 Å². The van der Waals surface area contributed by atoms with Gasteiger partial charge in [0.1, 0.15) is 22.1 Å². The Balaban J connectivity index is 2.14. The number of thiophene rings is 1. The van der Waals surface area contributed by atoms with Gasteiger partial charge in [0.05, 0.1) is 12.0 Å². The minimum Gasteiger partial charge on any atom is -0.459 e. The number of nitrogens with zero attached hydrogens (tertiary/aromatic N) is 2. The Kier molecular flexibility index (Phi) is 3.31. The number of hydrogen-bond acceptors (Lipinski definition) is 6.